The Hall–Kier alpha value is -1.93. The van der Waals surface area contributed by atoms with Crippen LogP contribution < -0.4 is 0 Å². The number of halogens is 1. The zero-order valence-corrected chi connectivity index (χ0v) is 13.4. The zero-order valence-electron chi connectivity index (χ0n) is 12.6. The highest BCUT2D eigenvalue weighted by molar-refractivity contribution is 8.00. The average molecular weight is 337 g/mol. The number of ether oxygens (including phenoxy) is 1. The van der Waals surface area contributed by atoms with Crippen LogP contribution in [0.3, 0.4) is 0 Å². The van der Waals surface area contributed by atoms with Crippen molar-refractivity contribution in [1.29, 1.82) is 0 Å². The van der Waals surface area contributed by atoms with Crippen molar-refractivity contribution in [3.8, 4) is 11.5 Å². The second-order valence-corrected chi connectivity index (χ2v) is 6.34. The van der Waals surface area contributed by atoms with E-state index < -0.39 is 5.82 Å². The molecule has 1 aliphatic heterocycles. The summed E-state index contributed by atoms with van der Waals surface area (Å²) in [6, 6.07) is 6.18. The molecule has 1 fully saturated rings. The van der Waals surface area contributed by atoms with Crippen molar-refractivity contribution < 1.29 is 18.3 Å². The standard InChI is InChI=1S/C15H16FN3O3S/c1-10(14(20)19-6-8-21-9-7-19)23-15-18-17-13(22-15)11-4-2-3-5-12(11)16/h2-5,10H,6-9H2,1H3/t10-/m0/s1. The van der Waals surface area contributed by atoms with Gasteiger partial charge in [-0.3, -0.25) is 4.79 Å². The predicted molar refractivity (Wildman–Crippen MR) is 82.4 cm³/mol. The smallest absolute Gasteiger partial charge is 0.277 e. The SMILES string of the molecule is C[C@H](Sc1nnc(-c2ccccc2F)o1)C(=O)N1CCOCC1. The Morgan fingerprint density at radius 2 is 2.04 bits per heavy atom. The van der Waals surface area contributed by atoms with Crippen molar-refractivity contribution >= 4 is 17.7 Å². The van der Waals surface area contributed by atoms with E-state index in [1.165, 1.54) is 17.8 Å². The minimum absolute atomic E-state index is 0.00365. The zero-order chi connectivity index (χ0) is 16.2. The molecule has 0 unspecified atom stereocenters. The molecule has 8 heteroatoms. The highest BCUT2D eigenvalue weighted by Crippen LogP contribution is 2.28. The molecular weight excluding hydrogens is 321 g/mol. The van der Waals surface area contributed by atoms with Crippen LogP contribution >= 0.6 is 11.8 Å². The molecular formula is C15H16FN3O3S. The van der Waals surface area contributed by atoms with Gasteiger partial charge in [0.2, 0.25) is 5.91 Å². The fraction of sp³-hybridized carbons (Fsp3) is 0.400. The lowest BCUT2D eigenvalue weighted by atomic mass is 10.2. The summed E-state index contributed by atoms with van der Waals surface area (Å²) in [4.78, 5) is 14.1. The van der Waals surface area contributed by atoms with Crippen LogP contribution in [0.15, 0.2) is 33.9 Å². The van der Waals surface area contributed by atoms with Gasteiger partial charge in [0.15, 0.2) is 0 Å². The molecule has 23 heavy (non-hydrogen) atoms. The van der Waals surface area contributed by atoms with Crippen LogP contribution in [-0.2, 0) is 9.53 Å². The molecule has 0 spiro atoms. The van der Waals surface area contributed by atoms with Crippen LogP contribution in [0.5, 0.6) is 0 Å². The van der Waals surface area contributed by atoms with Gasteiger partial charge < -0.3 is 14.1 Å². The molecule has 2 aromatic rings. The topological polar surface area (TPSA) is 68.5 Å². The number of thioether (sulfide) groups is 1. The summed E-state index contributed by atoms with van der Waals surface area (Å²) in [5.41, 5.74) is 0.249. The Morgan fingerprint density at radius 3 is 2.78 bits per heavy atom. The number of hydrogen-bond donors (Lipinski definition) is 0. The highest BCUT2D eigenvalue weighted by atomic mass is 32.2. The molecule has 122 valence electrons. The van der Waals surface area contributed by atoms with Gasteiger partial charge in [0.25, 0.3) is 11.1 Å². The molecule has 1 amide bonds. The minimum atomic E-state index is -0.426. The second kappa shape index (κ2) is 7.10. The van der Waals surface area contributed by atoms with Crippen LogP contribution in [0.4, 0.5) is 4.39 Å². The Morgan fingerprint density at radius 1 is 1.30 bits per heavy atom. The molecule has 1 aliphatic rings. The summed E-state index contributed by atoms with van der Waals surface area (Å²) in [7, 11) is 0. The lowest BCUT2D eigenvalue weighted by Crippen LogP contribution is -2.44. The number of amides is 1. The second-order valence-electron chi connectivity index (χ2n) is 5.05. The molecule has 1 aromatic heterocycles. The first-order valence-corrected chi connectivity index (χ1v) is 8.14. The number of hydrogen-bond acceptors (Lipinski definition) is 6. The monoisotopic (exact) mass is 337 g/mol. The molecule has 1 atom stereocenters. The number of carbonyl (C=O) groups excluding carboxylic acids is 1. The van der Waals surface area contributed by atoms with E-state index in [2.05, 4.69) is 10.2 Å². The van der Waals surface area contributed by atoms with Gasteiger partial charge in [-0.05, 0) is 19.1 Å². The minimum Gasteiger partial charge on any atom is -0.411 e. The van der Waals surface area contributed by atoms with Crippen molar-refractivity contribution in [1.82, 2.24) is 15.1 Å². The Labute approximate surface area is 137 Å². The molecule has 0 aliphatic carbocycles. The number of aromatic nitrogens is 2. The van der Waals surface area contributed by atoms with Gasteiger partial charge in [0.05, 0.1) is 24.0 Å². The van der Waals surface area contributed by atoms with Crippen molar-refractivity contribution in [3.05, 3.63) is 30.1 Å². The number of carbonyl (C=O) groups is 1. The van der Waals surface area contributed by atoms with E-state index in [1.54, 1.807) is 30.0 Å². The molecule has 6 nitrogen and oxygen atoms in total. The molecule has 0 saturated carbocycles. The van der Waals surface area contributed by atoms with Crippen molar-refractivity contribution in [2.45, 2.75) is 17.4 Å². The summed E-state index contributed by atoms with van der Waals surface area (Å²) >= 11 is 1.17. The van der Waals surface area contributed by atoms with Crippen LogP contribution in [0.25, 0.3) is 11.5 Å². The van der Waals surface area contributed by atoms with Crippen LogP contribution in [0, 0.1) is 5.82 Å². The first-order valence-electron chi connectivity index (χ1n) is 7.27. The summed E-state index contributed by atoms with van der Waals surface area (Å²) < 4.78 is 24.4. The van der Waals surface area contributed by atoms with Crippen LogP contribution in [-0.4, -0.2) is 52.6 Å². The number of morpholine rings is 1. The highest BCUT2D eigenvalue weighted by Gasteiger charge is 2.25. The first kappa shape index (κ1) is 15.9. The number of benzene rings is 1. The van der Waals surface area contributed by atoms with Crippen LogP contribution in [0.2, 0.25) is 0 Å². The summed E-state index contributed by atoms with van der Waals surface area (Å²) in [6.45, 7) is 4.08. The third-order valence-electron chi connectivity index (χ3n) is 3.46. The maximum absolute atomic E-state index is 13.7. The van der Waals surface area contributed by atoms with Gasteiger partial charge in [-0.25, -0.2) is 4.39 Å². The van der Waals surface area contributed by atoms with E-state index in [0.29, 0.717) is 26.3 Å². The van der Waals surface area contributed by atoms with E-state index in [1.807, 2.05) is 0 Å². The van der Waals surface area contributed by atoms with Crippen LogP contribution in [0.1, 0.15) is 6.92 Å². The third kappa shape index (κ3) is 3.70. The lowest BCUT2D eigenvalue weighted by Gasteiger charge is -2.28. The Kier molecular flexibility index (Phi) is 4.92. The van der Waals surface area contributed by atoms with E-state index in [9.17, 15) is 9.18 Å². The average Bonchev–Trinajstić information content (AvgIpc) is 3.03. The van der Waals surface area contributed by atoms with Gasteiger partial charge in [0.1, 0.15) is 5.82 Å². The quantitative estimate of drug-likeness (QED) is 0.797. The fourth-order valence-electron chi connectivity index (χ4n) is 2.24. The fourth-order valence-corrected chi connectivity index (χ4v) is 3.01. The summed E-state index contributed by atoms with van der Waals surface area (Å²) in [5, 5.41) is 7.62. The van der Waals surface area contributed by atoms with Gasteiger partial charge in [-0.15, -0.1) is 10.2 Å². The predicted octanol–water partition coefficient (Wildman–Crippen LogP) is 2.22. The first-order chi connectivity index (χ1) is 11.1. The molecule has 0 N–H and O–H groups in total. The van der Waals surface area contributed by atoms with Gasteiger partial charge in [-0.2, -0.15) is 0 Å². The Bertz CT molecular complexity index is 688. The number of nitrogens with zero attached hydrogens (tertiary/aromatic N) is 3. The molecule has 1 aromatic carbocycles. The maximum Gasteiger partial charge on any atom is 0.277 e. The van der Waals surface area contributed by atoms with Gasteiger partial charge >= 0.3 is 0 Å². The van der Waals surface area contributed by atoms with E-state index in [0.717, 1.165) is 0 Å². The molecule has 0 radical (unpaired) electrons. The van der Waals surface area contributed by atoms with E-state index in [4.69, 9.17) is 9.15 Å². The third-order valence-corrected chi connectivity index (χ3v) is 4.38. The molecule has 2 heterocycles. The van der Waals surface area contributed by atoms with Crippen molar-refractivity contribution in [2.75, 3.05) is 26.3 Å². The summed E-state index contributed by atoms with van der Waals surface area (Å²) in [5.74, 6) is -0.314. The Balaban J connectivity index is 1.66. The largest absolute Gasteiger partial charge is 0.411 e. The van der Waals surface area contributed by atoms with Crippen molar-refractivity contribution in [3.63, 3.8) is 0 Å². The van der Waals surface area contributed by atoms with E-state index >= 15 is 0 Å². The van der Waals surface area contributed by atoms with Gasteiger partial charge in [0, 0.05) is 13.1 Å². The maximum atomic E-state index is 13.7. The normalized spacial score (nSPS) is 16.3. The molecule has 0 bridgehead atoms. The van der Waals surface area contributed by atoms with Crippen molar-refractivity contribution in [2.24, 2.45) is 0 Å². The van der Waals surface area contributed by atoms with E-state index in [-0.39, 0.29) is 27.8 Å². The molecule has 3 rings (SSSR count). The lowest BCUT2D eigenvalue weighted by molar-refractivity contribution is -0.134. The molecule has 1 saturated heterocycles. The number of rotatable bonds is 4. The summed E-state index contributed by atoms with van der Waals surface area (Å²) in [6.07, 6.45) is 0. The van der Waals surface area contributed by atoms with Gasteiger partial charge in [-0.1, -0.05) is 23.9 Å².